The van der Waals surface area contributed by atoms with Gasteiger partial charge in [-0.25, -0.2) is 0 Å². The van der Waals surface area contributed by atoms with Gasteiger partial charge in [-0.15, -0.1) is 0 Å². The van der Waals surface area contributed by atoms with E-state index in [-0.39, 0.29) is 11.9 Å². The highest BCUT2D eigenvalue weighted by molar-refractivity contribution is 5.93. The van der Waals surface area contributed by atoms with E-state index in [0.29, 0.717) is 12.0 Å². The van der Waals surface area contributed by atoms with Gasteiger partial charge in [0.15, 0.2) is 0 Å². The lowest BCUT2D eigenvalue weighted by Gasteiger charge is -2.23. The van der Waals surface area contributed by atoms with Gasteiger partial charge in [-0.3, -0.25) is 9.59 Å². The minimum absolute atomic E-state index is 0.130. The van der Waals surface area contributed by atoms with Crippen LogP contribution in [0.4, 0.5) is 0 Å². The van der Waals surface area contributed by atoms with Crippen molar-refractivity contribution in [3.8, 4) is 0 Å². The third-order valence-corrected chi connectivity index (χ3v) is 3.52. The zero-order chi connectivity index (χ0) is 13.5. The molecule has 102 valence electrons. The lowest BCUT2D eigenvalue weighted by atomic mass is 9.94. The molecule has 4 heteroatoms. The van der Waals surface area contributed by atoms with E-state index in [1.165, 1.54) is 0 Å². The highest BCUT2D eigenvalue weighted by Gasteiger charge is 2.30. The predicted octanol–water partition coefficient (Wildman–Crippen LogP) is 2.49. The van der Waals surface area contributed by atoms with Crippen molar-refractivity contribution in [3.05, 3.63) is 11.6 Å². The number of aliphatic carboxylic acids is 1. The number of hydrogen-bond acceptors (Lipinski definition) is 2. The van der Waals surface area contributed by atoms with Crippen molar-refractivity contribution in [3.63, 3.8) is 0 Å². The first-order valence-corrected chi connectivity index (χ1v) is 6.76. The molecule has 0 aromatic heterocycles. The minimum atomic E-state index is -0.792. The van der Waals surface area contributed by atoms with Crippen molar-refractivity contribution in [2.24, 2.45) is 5.92 Å². The molecule has 1 aliphatic carbocycles. The number of carboxylic acid groups (broad SMARTS) is 1. The highest BCUT2D eigenvalue weighted by Crippen LogP contribution is 2.24. The molecule has 1 saturated carbocycles. The summed E-state index contributed by atoms with van der Waals surface area (Å²) in [6.07, 6.45) is 7.09. The molecular weight excluding hydrogens is 230 g/mol. The monoisotopic (exact) mass is 253 g/mol. The first kappa shape index (κ1) is 14.7. The van der Waals surface area contributed by atoms with E-state index in [0.717, 1.165) is 32.1 Å². The van der Waals surface area contributed by atoms with Gasteiger partial charge in [-0.2, -0.15) is 0 Å². The fourth-order valence-electron chi connectivity index (χ4n) is 2.46. The summed E-state index contributed by atoms with van der Waals surface area (Å²) in [7, 11) is 0. The Morgan fingerprint density at radius 3 is 2.56 bits per heavy atom. The quantitative estimate of drug-likeness (QED) is 0.597. The smallest absolute Gasteiger partial charge is 0.308 e. The normalized spacial score (nSPS) is 25.3. The zero-order valence-electron chi connectivity index (χ0n) is 11.2. The van der Waals surface area contributed by atoms with Crippen LogP contribution in [0.5, 0.6) is 0 Å². The van der Waals surface area contributed by atoms with Crippen LogP contribution >= 0.6 is 0 Å². The maximum absolute atomic E-state index is 11.9. The fourth-order valence-corrected chi connectivity index (χ4v) is 2.46. The van der Waals surface area contributed by atoms with E-state index in [2.05, 4.69) is 5.32 Å². The summed E-state index contributed by atoms with van der Waals surface area (Å²) >= 11 is 0. The Labute approximate surface area is 108 Å². The third-order valence-electron chi connectivity index (χ3n) is 3.52. The SMILES string of the molecule is CC/C=C(/C)C(=O)N[C@@H]1CCCCC[C@H]1C(=O)O. The van der Waals surface area contributed by atoms with E-state index < -0.39 is 11.9 Å². The lowest BCUT2D eigenvalue weighted by molar-refractivity contribution is -0.143. The van der Waals surface area contributed by atoms with Crippen molar-refractivity contribution in [1.82, 2.24) is 5.32 Å². The van der Waals surface area contributed by atoms with Crippen LogP contribution in [0.2, 0.25) is 0 Å². The first-order valence-electron chi connectivity index (χ1n) is 6.76. The maximum Gasteiger partial charge on any atom is 0.308 e. The summed E-state index contributed by atoms with van der Waals surface area (Å²) in [6, 6.07) is -0.224. The third kappa shape index (κ3) is 4.17. The van der Waals surface area contributed by atoms with Crippen LogP contribution in [0, 0.1) is 5.92 Å². The molecule has 1 rings (SSSR count). The Morgan fingerprint density at radius 1 is 1.28 bits per heavy atom. The van der Waals surface area contributed by atoms with Crippen molar-refractivity contribution >= 4 is 11.9 Å². The molecule has 4 nitrogen and oxygen atoms in total. The first-order chi connectivity index (χ1) is 8.56. The summed E-state index contributed by atoms with van der Waals surface area (Å²) in [5.74, 6) is -1.36. The Morgan fingerprint density at radius 2 is 1.94 bits per heavy atom. The molecule has 0 bridgehead atoms. The number of carboxylic acids is 1. The molecule has 2 N–H and O–H groups in total. The number of carbonyl (C=O) groups is 2. The average Bonchev–Trinajstić information content (AvgIpc) is 2.54. The molecule has 1 amide bonds. The van der Waals surface area contributed by atoms with E-state index in [1.807, 2.05) is 13.0 Å². The topological polar surface area (TPSA) is 66.4 Å². The molecule has 1 aliphatic rings. The number of amides is 1. The van der Waals surface area contributed by atoms with Crippen LogP contribution in [0.3, 0.4) is 0 Å². The molecule has 0 spiro atoms. The van der Waals surface area contributed by atoms with Crippen LogP contribution in [-0.2, 0) is 9.59 Å². The van der Waals surface area contributed by atoms with Crippen LogP contribution in [0.25, 0.3) is 0 Å². The number of hydrogen-bond donors (Lipinski definition) is 2. The van der Waals surface area contributed by atoms with Gasteiger partial charge in [0.25, 0.3) is 0 Å². The largest absolute Gasteiger partial charge is 0.481 e. The summed E-state index contributed by atoms with van der Waals surface area (Å²) in [5, 5.41) is 12.1. The second-order valence-electron chi connectivity index (χ2n) is 4.96. The predicted molar refractivity (Wildman–Crippen MR) is 70.2 cm³/mol. The van der Waals surface area contributed by atoms with E-state index in [9.17, 15) is 14.7 Å². The Bertz CT molecular complexity index is 336. The van der Waals surface area contributed by atoms with Crippen LogP contribution in [0.15, 0.2) is 11.6 Å². The summed E-state index contributed by atoms with van der Waals surface area (Å²) < 4.78 is 0. The van der Waals surface area contributed by atoms with E-state index in [1.54, 1.807) is 6.92 Å². The Hall–Kier alpha value is -1.32. The second kappa shape index (κ2) is 7.19. The van der Waals surface area contributed by atoms with Gasteiger partial charge >= 0.3 is 5.97 Å². The minimum Gasteiger partial charge on any atom is -0.481 e. The Kier molecular flexibility index (Phi) is 5.89. The molecule has 0 unspecified atom stereocenters. The van der Waals surface area contributed by atoms with Crippen LogP contribution < -0.4 is 5.32 Å². The van der Waals surface area contributed by atoms with Gasteiger partial charge < -0.3 is 10.4 Å². The van der Waals surface area contributed by atoms with Gasteiger partial charge in [0.2, 0.25) is 5.91 Å². The number of carbonyl (C=O) groups excluding carboxylic acids is 1. The van der Waals surface area contributed by atoms with E-state index >= 15 is 0 Å². The summed E-state index contributed by atoms with van der Waals surface area (Å²) in [6.45, 7) is 3.74. The van der Waals surface area contributed by atoms with Crippen molar-refractivity contribution < 1.29 is 14.7 Å². The maximum atomic E-state index is 11.9. The molecule has 0 heterocycles. The average molecular weight is 253 g/mol. The van der Waals surface area contributed by atoms with Gasteiger partial charge in [0, 0.05) is 11.6 Å². The highest BCUT2D eigenvalue weighted by atomic mass is 16.4. The molecular formula is C14H23NO3. The van der Waals surface area contributed by atoms with Crippen molar-refractivity contribution in [2.45, 2.75) is 58.4 Å². The fraction of sp³-hybridized carbons (Fsp3) is 0.714. The Balaban J connectivity index is 2.69. The van der Waals surface area contributed by atoms with Gasteiger partial charge in [0.1, 0.15) is 0 Å². The molecule has 0 aromatic carbocycles. The van der Waals surface area contributed by atoms with Gasteiger partial charge in [-0.1, -0.05) is 32.3 Å². The molecule has 0 aliphatic heterocycles. The van der Waals surface area contributed by atoms with Crippen molar-refractivity contribution in [2.75, 3.05) is 0 Å². The molecule has 2 atom stereocenters. The number of nitrogens with one attached hydrogen (secondary N) is 1. The second-order valence-corrected chi connectivity index (χ2v) is 4.96. The van der Waals surface area contributed by atoms with E-state index in [4.69, 9.17) is 0 Å². The van der Waals surface area contributed by atoms with Crippen LogP contribution in [-0.4, -0.2) is 23.0 Å². The summed E-state index contributed by atoms with van der Waals surface area (Å²) in [4.78, 5) is 23.1. The van der Waals surface area contributed by atoms with Gasteiger partial charge in [0.05, 0.1) is 5.92 Å². The number of allylic oxidation sites excluding steroid dienone is 1. The van der Waals surface area contributed by atoms with Gasteiger partial charge in [-0.05, 0) is 26.2 Å². The molecule has 0 saturated heterocycles. The standard InChI is InChI=1S/C14H23NO3/c1-3-7-10(2)13(16)15-12-9-6-4-5-8-11(12)14(17)18/h7,11-12H,3-6,8-9H2,1-2H3,(H,15,16)(H,17,18)/b10-7-/t11-,12-/m1/s1. The molecule has 0 radical (unpaired) electrons. The molecule has 1 fully saturated rings. The van der Waals surface area contributed by atoms with Crippen molar-refractivity contribution in [1.29, 1.82) is 0 Å². The number of rotatable bonds is 4. The molecule has 0 aromatic rings. The molecule has 18 heavy (non-hydrogen) atoms. The summed E-state index contributed by atoms with van der Waals surface area (Å²) in [5.41, 5.74) is 0.672. The van der Waals surface area contributed by atoms with Crippen LogP contribution in [0.1, 0.15) is 52.4 Å². The lowest BCUT2D eigenvalue weighted by Crippen LogP contribution is -2.43. The zero-order valence-corrected chi connectivity index (χ0v) is 11.2.